The van der Waals surface area contributed by atoms with E-state index in [2.05, 4.69) is 17.6 Å². The first-order valence-corrected chi connectivity index (χ1v) is 9.52. The largest absolute Gasteiger partial charge is 0.494 e. The van der Waals surface area contributed by atoms with Gasteiger partial charge in [0, 0.05) is 22.9 Å². The molecule has 3 rings (SSSR count). The van der Waals surface area contributed by atoms with Crippen LogP contribution >= 0.6 is 0 Å². The molecule has 5 nitrogen and oxygen atoms in total. The molecule has 0 unspecified atom stereocenters. The van der Waals surface area contributed by atoms with Crippen LogP contribution in [0.2, 0.25) is 0 Å². The molecule has 0 atom stereocenters. The van der Waals surface area contributed by atoms with Gasteiger partial charge in [-0.15, -0.1) is 0 Å². The lowest BCUT2D eigenvalue weighted by molar-refractivity contribution is 0.0949. The first-order chi connectivity index (χ1) is 13.1. The minimum Gasteiger partial charge on any atom is -0.494 e. The van der Waals surface area contributed by atoms with E-state index in [4.69, 9.17) is 4.74 Å². The topological polar surface area (TPSA) is 67.4 Å². The Labute approximate surface area is 160 Å². The van der Waals surface area contributed by atoms with E-state index in [1.54, 1.807) is 36.4 Å². The Morgan fingerprint density at radius 3 is 2.41 bits per heavy atom. The van der Waals surface area contributed by atoms with E-state index in [0.29, 0.717) is 29.5 Å². The highest BCUT2D eigenvalue weighted by atomic mass is 16.5. The van der Waals surface area contributed by atoms with Gasteiger partial charge in [0.15, 0.2) is 0 Å². The van der Waals surface area contributed by atoms with Crippen LogP contribution in [0.1, 0.15) is 58.9 Å². The monoisotopic (exact) mass is 366 g/mol. The van der Waals surface area contributed by atoms with E-state index >= 15 is 0 Å². The minimum atomic E-state index is -0.210. The van der Waals surface area contributed by atoms with E-state index in [1.165, 1.54) is 0 Å². The third kappa shape index (κ3) is 5.33. The number of unbranched alkanes of at least 4 members (excludes halogenated alkanes) is 1. The first kappa shape index (κ1) is 19.0. The molecule has 2 aromatic rings. The van der Waals surface area contributed by atoms with Crippen molar-refractivity contribution in [1.29, 1.82) is 0 Å². The lowest BCUT2D eigenvalue weighted by Crippen LogP contribution is -2.25. The molecule has 5 heteroatoms. The zero-order valence-electron chi connectivity index (χ0n) is 15.9. The molecule has 1 aliphatic carbocycles. The van der Waals surface area contributed by atoms with Gasteiger partial charge in [0.1, 0.15) is 5.75 Å². The SMILES string of the molecule is CCCCOc1ccc(C(=O)Nc2cc(C(=O)NC3CC3)ccc2C)cc1. The van der Waals surface area contributed by atoms with Gasteiger partial charge in [0.2, 0.25) is 0 Å². The van der Waals surface area contributed by atoms with Crippen LogP contribution in [-0.2, 0) is 0 Å². The van der Waals surface area contributed by atoms with Gasteiger partial charge in [-0.1, -0.05) is 19.4 Å². The molecule has 0 heterocycles. The maximum Gasteiger partial charge on any atom is 0.255 e. The summed E-state index contributed by atoms with van der Waals surface area (Å²) in [7, 11) is 0. The fraction of sp³-hybridized carbons (Fsp3) is 0.364. The quantitative estimate of drug-likeness (QED) is 0.684. The van der Waals surface area contributed by atoms with Crippen molar-refractivity contribution >= 4 is 17.5 Å². The van der Waals surface area contributed by atoms with Gasteiger partial charge in [-0.25, -0.2) is 0 Å². The number of ether oxygens (including phenoxy) is 1. The van der Waals surface area contributed by atoms with Crippen LogP contribution in [0.15, 0.2) is 42.5 Å². The summed E-state index contributed by atoms with van der Waals surface area (Å²) < 4.78 is 5.62. The normalized spacial score (nSPS) is 13.1. The molecule has 0 aliphatic heterocycles. The summed E-state index contributed by atoms with van der Waals surface area (Å²) in [6.45, 7) is 4.70. The fourth-order valence-corrected chi connectivity index (χ4v) is 2.63. The number of aryl methyl sites for hydroxylation is 1. The molecule has 1 saturated carbocycles. The van der Waals surface area contributed by atoms with Crippen molar-refractivity contribution in [3.63, 3.8) is 0 Å². The van der Waals surface area contributed by atoms with Gasteiger partial charge in [0.25, 0.3) is 11.8 Å². The van der Waals surface area contributed by atoms with Gasteiger partial charge >= 0.3 is 0 Å². The van der Waals surface area contributed by atoms with Crippen molar-refractivity contribution in [3.05, 3.63) is 59.2 Å². The highest BCUT2D eigenvalue weighted by Crippen LogP contribution is 2.22. The Hall–Kier alpha value is -2.82. The van der Waals surface area contributed by atoms with Gasteiger partial charge in [-0.3, -0.25) is 9.59 Å². The highest BCUT2D eigenvalue weighted by molar-refractivity contribution is 6.05. The molecular weight excluding hydrogens is 340 g/mol. The zero-order valence-corrected chi connectivity index (χ0v) is 15.9. The smallest absolute Gasteiger partial charge is 0.255 e. The summed E-state index contributed by atoms with van der Waals surface area (Å²) in [6.07, 6.45) is 4.17. The predicted molar refractivity (Wildman–Crippen MR) is 106 cm³/mol. The molecule has 0 radical (unpaired) electrons. The van der Waals surface area contributed by atoms with Crippen LogP contribution in [0.25, 0.3) is 0 Å². The van der Waals surface area contributed by atoms with Crippen molar-refractivity contribution in [3.8, 4) is 5.75 Å². The Bertz CT molecular complexity index is 811. The van der Waals surface area contributed by atoms with Crippen molar-refractivity contribution in [2.75, 3.05) is 11.9 Å². The Kier molecular flexibility index (Phi) is 6.12. The van der Waals surface area contributed by atoms with Crippen molar-refractivity contribution in [2.24, 2.45) is 0 Å². The van der Waals surface area contributed by atoms with E-state index < -0.39 is 0 Å². The maximum absolute atomic E-state index is 12.6. The van der Waals surface area contributed by atoms with Crippen LogP contribution in [0.5, 0.6) is 5.75 Å². The summed E-state index contributed by atoms with van der Waals surface area (Å²) in [4.78, 5) is 24.8. The van der Waals surface area contributed by atoms with Crippen LogP contribution < -0.4 is 15.4 Å². The Balaban J connectivity index is 1.65. The second-order valence-electron chi connectivity index (χ2n) is 6.96. The third-order valence-electron chi connectivity index (χ3n) is 4.54. The zero-order chi connectivity index (χ0) is 19.2. The maximum atomic E-state index is 12.6. The average molecular weight is 366 g/mol. The van der Waals surface area contributed by atoms with Gasteiger partial charge in [-0.05, 0) is 68.1 Å². The Morgan fingerprint density at radius 1 is 1.04 bits per heavy atom. The molecule has 0 saturated heterocycles. The summed E-state index contributed by atoms with van der Waals surface area (Å²) >= 11 is 0. The lowest BCUT2D eigenvalue weighted by Gasteiger charge is -2.11. The minimum absolute atomic E-state index is 0.0958. The standard InChI is InChI=1S/C22H26N2O3/c1-3-4-13-27-19-11-7-16(8-12-19)21(25)24-20-14-17(6-5-15(20)2)22(26)23-18-9-10-18/h5-8,11-12,14,18H,3-4,9-10,13H2,1-2H3,(H,23,26)(H,24,25). The van der Waals surface area contributed by atoms with Crippen LogP contribution in [-0.4, -0.2) is 24.5 Å². The van der Waals surface area contributed by atoms with Crippen molar-refractivity contribution in [1.82, 2.24) is 5.32 Å². The van der Waals surface area contributed by atoms with Gasteiger partial charge < -0.3 is 15.4 Å². The predicted octanol–water partition coefficient (Wildman–Crippen LogP) is 4.32. The molecule has 27 heavy (non-hydrogen) atoms. The fourth-order valence-electron chi connectivity index (χ4n) is 2.63. The van der Waals surface area contributed by atoms with Crippen LogP contribution in [0.4, 0.5) is 5.69 Å². The molecular formula is C22H26N2O3. The van der Waals surface area contributed by atoms with Crippen molar-refractivity contribution < 1.29 is 14.3 Å². The summed E-state index contributed by atoms with van der Waals surface area (Å²) in [5.41, 5.74) is 2.66. The number of rotatable bonds is 8. The molecule has 142 valence electrons. The number of anilines is 1. The lowest BCUT2D eigenvalue weighted by atomic mass is 10.1. The highest BCUT2D eigenvalue weighted by Gasteiger charge is 2.24. The number of nitrogens with one attached hydrogen (secondary N) is 2. The number of carbonyl (C=O) groups is 2. The number of hydrogen-bond donors (Lipinski definition) is 2. The Morgan fingerprint density at radius 2 is 1.74 bits per heavy atom. The number of carbonyl (C=O) groups excluding carboxylic acids is 2. The summed E-state index contributed by atoms with van der Waals surface area (Å²) in [5, 5.41) is 5.87. The molecule has 1 fully saturated rings. The first-order valence-electron chi connectivity index (χ1n) is 9.52. The number of hydrogen-bond acceptors (Lipinski definition) is 3. The van der Waals surface area contributed by atoms with E-state index in [0.717, 1.165) is 37.0 Å². The molecule has 0 aromatic heterocycles. The van der Waals surface area contributed by atoms with Gasteiger partial charge in [-0.2, -0.15) is 0 Å². The van der Waals surface area contributed by atoms with Crippen molar-refractivity contribution in [2.45, 2.75) is 45.6 Å². The molecule has 2 amide bonds. The third-order valence-corrected chi connectivity index (χ3v) is 4.54. The molecule has 2 aromatic carbocycles. The van der Waals surface area contributed by atoms with Gasteiger partial charge in [0.05, 0.1) is 6.61 Å². The molecule has 1 aliphatic rings. The molecule has 0 bridgehead atoms. The molecule has 2 N–H and O–H groups in total. The van der Waals surface area contributed by atoms with Crippen LogP contribution in [0.3, 0.4) is 0 Å². The van der Waals surface area contributed by atoms with Crippen LogP contribution in [0, 0.1) is 6.92 Å². The number of benzene rings is 2. The second-order valence-corrected chi connectivity index (χ2v) is 6.96. The van der Waals surface area contributed by atoms with E-state index in [1.807, 2.05) is 13.0 Å². The summed E-state index contributed by atoms with van der Waals surface area (Å²) in [6, 6.07) is 12.8. The van der Waals surface area contributed by atoms with E-state index in [-0.39, 0.29) is 11.8 Å². The average Bonchev–Trinajstić information content (AvgIpc) is 3.48. The van der Waals surface area contributed by atoms with E-state index in [9.17, 15) is 9.59 Å². The second kappa shape index (κ2) is 8.71. The number of amides is 2. The molecule has 0 spiro atoms. The summed E-state index contributed by atoms with van der Waals surface area (Å²) in [5.74, 6) is 0.453.